The van der Waals surface area contributed by atoms with Crippen LogP contribution in [0, 0.1) is 0 Å². The zero-order valence-corrected chi connectivity index (χ0v) is 19.9. The molecule has 2 saturated heterocycles. The third kappa shape index (κ3) is 3.25. The van der Waals surface area contributed by atoms with E-state index in [1.165, 1.54) is 5.56 Å². The summed E-state index contributed by atoms with van der Waals surface area (Å²) in [4.78, 5) is 27.5. The molecule has 1 saturated carbocycles. The Labute approximate surface area is 205 Å². The summed E-state index contributed by atoms with van der Waals surface area (Å²) in [7, 11) is 1.64. The summed E-state index contributed by atoms with van der Waals surface area (Å²) in [6, 6.07) is 15.8. The molecule has 3 fully saturated rings. The molecule has 4 atom stereocenters. The zero-order valence-electron chi connectivity index (χ0n) is 19.9. The van der Waals surface area contributed by atoms with Crippen LogP contribution in [0.1, 0.15) is 42.4 Å². The molecule has 0 aromatic heterocycles. The Morgan fingerprint density at radius 1 is 1.14 bits per heavy atom. The first kappa shape index (κ1) is 22.3. The molecule has 2 aromatic carbocycles. The van der Waals surface area contributed by atoms with Gasteiger partial charge in [-0.05, 0) is 67.5 Å². The van der Waals surface area contributed by atoms with Gasteiger partial charge in [-0.15, -0.1) is 0 Å². The lowest BCUT2D eigenvalue weighted by atomic mass is 9.46. The van der Waals surface area contributed by atoms with E-state index in [1.54, 1.807) is 7.11 Å². The first-order valence-electron chi connectivity index (χ1n) is 12.4. The molecule has 2 aromatic rings. The van der Waals surface area contributed by atoms with Crippen molar-refractivity contribution in [3.05, 3.63) is 71.3 Å². The Balaban J connectivity index is 1.39. The number of amides is 3. The maximum atomic E-state index is 13.0. The molecule has 7 nitrogen and oxygen atoms in total. The van der Waals surface area contributed by atoms with Crippen LogP contribution in [-0.2, 0) is 16.6 Å². The van der Waals surface area contributed by atoms with Gasteiger partial charge >= 0.3 is 6.03 Å². The minimum absolute atomic E-state index is 0.0740. The van der Waals surface area contributed by atoms with E-state index in [4.69, 9.17) is 4.74 Å². The van der Waals surface area contributed by atoms with Crippen LogP contribution in [0.15, 0.2) is 54.6 Å². The van der Waals surface area contributed by atoms with Crippen LogP contribution >= 0.6 is 0 Å². The molecule has 6 rings (SSSR count). The molecule has 3 amide bonds. The van der Waals surface area contributed by atoms with Gasteiger partial charge in [-0.2, -0.15) is 0 Å². The highest BCUT2D eigenvalue weighted by Gasteiger charge is 2.69. The van der Waals surface area contributed by atoms with E-state index in [9.17, 15) is 14.7 Å². The number of nitrogens with one attached hydrogen (secondary N) is 2. The molecule has 0 radical (unpaired) electrons. The van der Waals surface area contributed by atoms with Gasteiger partial charge < -0.3 is 15.2 Å². The van der Waals surface area contributed by atoms with E-state index in [2.05, 4.69) is 45.9 Å². The van der Waals surface area contributed by atoms with E-state index in [0.717, 1.165) is 36.4 Å². The highest BCUT2D eigenvalue weighted by atomic mass is 16.5. The van der Waals surface area contributed by atoms with Gasteiger partial charge in [0.15, 0.2) is 0 Å². The molecule has 0 unspecified atom stereocenters. The Morgan fingerprint density at radius 3 is 2.71 bits per heavy atom. The Hall–Kier alpha value is -3.16. The summed E-state index contributed by atoms with van der Waals surface area (Å²) in [6.45, 7) is 1.54. The van der Waals surface area contributed by atoms with Crippen molar-refractivity contribution in [1.82, 2.24) is 15.5 Å². The van der Waals surface area contributed by atoms with Crippen molar-refractivity contribution in [3.8, 4) is 5.75 Å². The van der Waals surface area contributed by atoms with E-state index >= 15 is 0 Å². The van der Waals surface area contributed by atoms with Crippen LogP contribution in [0.5, 0.6) is 5.75 Å². The fourth-order valence-corrected chi connectivity index (χ4v) is 7.19. The molecule has 4 aliphatic rings. The van der Waals surface area contributed by atoms with Crippen molar-refractivity contribution in [2.45, 2.75) is 54.7 Å². The van der Waals surface area contributed by atoms with E-state index < -0.39 is 22.6 Å². The van der Waals surface area contributed by atoms with E-state index in [0.29, 0.717) is 25.7 Å². The fraction of sp³-hybridized carbons (Fsp3) is 0.429. The molecule has 3 N–H and O–H groups in total. The average molecular weight is 474 g/mol. The minimum atomic E-state index is -1.01. The summed E-state index contributed by atoms with van der Waals surface area (Å²) in [5.41, 5.74) is 0.751. The lowest BCUT2D eigenvalue weighted by Gasteiger charge is -2.65. The van der Waals surface area contributed by atoms with Gasteiger partial charge in [0, 0.05) is 18.0 Å². The van der Waals surface area contributed by atoms with Crippen LogP contribution in [0.3, 0.4) is 0 Å². The number of benzene rings is 2. The van der Waals surface area contributed by atoms with Crippen molar-refractivity contribution < 1.29 is 19.4 Å². The topological polar surface area (TPSA) is 90.9 Å². The summed E-state index contributed by atoms with van der Waals surface area (Å²) in [5, 5.41) is 17.9. The van der Waals surface area contributed by atoms with Crippen LogP contribution in [0.25, 0.3) is 6.08 Å². The normalized spacial score (nSPS) is 33.8. The second-order valence-electron chi connectivity index (χ2n) is 10.5. The number of urea groups is 1. The molecule has 2 aliphatic carbocycles. The zero-order chi connectivity index (χ0) is 24.3. The van der Waals surface area contributed by atoms with E-state index in [1.807, 2.05) is 30.3 Å². The van der Waals surface area contributed by atoms with Crippen molar-refractivity contribution in [3.63, 3.8) is 0 Å². The highest BCUT2D eigenvalue weighted by molar-refractivity contribution is 6.07. The van der Waals surface area contributed by atoms with Crippen LogP contribution in [0.4, 0.5) is 4.79 Å². The molecular weight excluding hydrogens is 442 g/mol. The number of hydrogen-bond acceptors (Lipinski definition) is 5. The van der Waals surface area contributed by atoms with Gasteiger partial charge in [0.2, 0.25) is 0 Å². The smallest absolute Gasteiger partial charge is 0.322 e. The number of aliphatic hydroxyl groups is 1. The number of fused-ring (bicyclic) bond motifs is 1. The SMILES string of the molecule is COc1ccc2c(c1)[C@]13CCN(C/C=C/c4ccccc4)[C@H](C2)[C@]1(O)CC[C@@]1(C3)NC(=O)NC1=O. The molecule has 7 heteroatoms. The summed E-state index contributed by atoms with van der Waals surface area (Å²) in [6.07, 6.45) is 6.99. The lowest BCUT2D eigenvalue weighted by Crippen LogP contribution is -2.76. The van der Waals surface area contributed by atoms with Gasteiger partial charge in [0.25, 0.3) is 5.91 Å². The van der Waals surface area contributed by atoms with Crippen LogP contribution < -0.4 is 15.4 Å². The molecule has 2 aliphatic heterocycles. The van der Waals surface area contributed by atoms with Crippen molar-refractivity contribution in [1.29, 1.82) is 0 Å². The molecule has 2 bridgehead atoms. The molecule has 182 valence electrons. The number of rotatable bonds is 4. The minimum Gasteiger partial charge on any atom is -0.497 e. The first-order valence-corrected chi connectivity index (χ1v) is 12.4. The number of ether oxygens (including phenoxy) is 1. The fourth-order valence-electron chi connectivity index (χ4n) is 7.19. The number of likely N-dealkylation sites (tertiary alicyclic amines) is 1. The number of piperidine rings is 1. The third-order valence-electron chi connectivity index (χ3n) is 8.89. The summed E-state index contributed by atoms with van der Waals surface area (Å²) < 4.78 is 5.55. The summed E-state index contributed by atoms with van der Waals surface area (Å²) >= 11 is 0. The van der Waals surface area contributed by atoms with E-state index in [-0.39, 0.29) is 11.9 Å². The van der Waals surface area contributed by atoms with Gasteiger partial charge in [-0.3, -0.25) is 15.0 Å². The molecule has 35 heavy (non-hydrogen) atoms. The predicted octanol–water partition coefficient (Wildman–Crippen LogP) is 2.77. The largest absolute Gasteiger partial charge is 0.497 e. The number of methoxy groups -OCH3 is 1. The number of carbonyl (C=O) groups is 2. The molecular formula is C28H31N3O4. The Kier molecular flexibility index (Phi) is 5.06. The maximum Gasteiger partial charge on any atom is 0.322 e. The average Bonchev–Trinajstić information content (AvgIpc) is 3.13. The van der Waals surface area contributed by atoms with Gasteiger partial charge in [-0.1, -0.05) is 48.6 Å². The Morgan fingerprint density at radius 2 is 1.97 bits per heavy atom. The monoisotopic (exact) mass is 473 g/mol. The van der Waals surface area contributed by atoms with Gasteiger partial charge in [0.1, 0.15) is 11.3 Å². The summed E-state index contributed by atoms with van der Waals surface area (Å²) in [5.74, 6) is 0.463. The van der Waals surface area contributed by atoms with Crippen molar-refractivity contribution >= 4 is 18.0 Å². The Bertz CT molecular complexity index is 1210. The van der Waals surface area contributed by atoms with Gasteiger partial charge in [-0.25, -0.2) is 4.79 Å². The standard InChI is InChI=1S/C28H31N3O4/c1-35-21-10-9-20-16-23-28(34)12-11-27(24(32)29-25(33)30-27)18-26(28,22(20)17-21)13-15-31(23)14-5-8-19-6-3-2-4-7-19/h2-10,17,23,34H,11-16,18H2,1H3,(H2,29,30,32,33)/b8-5+/t23-,26-,27+,28-/m1/s1. The lowest BCUT2D eigenvalue weighted by molar-refractivity contribution is -0.178. The van der Waals surface area contributed by atoms with Crippen LogP contribution in [-0.4, -0.2) is 59.3 Å². The second kappa shape index (κ2) is 7.93. The molecule has 2 heterocycles. The maximum absolute atomic E-state index is 13.0. The van der Waals surface area contributed by atoms with Gasteiger partial charge in [0.05, 0.1) is 12.7 Å². The predicted molar refractivity (Wildman–Crippen MR) is 132 cm³/mol. The highest BCUT2D eigenvalue weighted by Crippen LogP contribution is 2.60. The number of imide groups is 1. The quantitative estimate of drug-likeness (QED) is 0.594. The number of hydrogen-bond donors (Lipinski definition) is 3. The van der Waals surface area contributed by atoms with Crippen molar-refractivity contribution in [2.75, 3.05) is 20.2 Å². The number of nitrogens with zero attached hydrogens (tertiary/aromatic N) is 1. The first-order chi connectivity index (χ1) is 16.9. The second-order valence-corrected chi connectivity index (χ2v) is 10.5. The van der Waals surface area contributed by atoms with Crippen molar-refractivity contribution in [2.24, 2.45) is 0 Å². The molecule has 1 spiro atoms. The number of carbonyl (C=O) groups excluding carboxylic acids is 2. The third-order valence-corrected chi connectivity index (χ3v) is 8.89. The van der Waals surface area contributed by atoms with Crippen LogP contribution in [0.2, 0.25) is 0 Å².